The molecule has 1 aliphatic rings. The number of pyridine rings is 1. The Labute approximate surface area is 104 Å². The number of hydrogen-bond acceptors (Lipinski definition) is 5. The first-order chi connectivity index (χ1) is 9.20. The van der Waals surface area contributed by atoms with Crippen LogP contribution in [0.3, 0.4) is 0 Å². The number of nitrogens with zero attached hydrogens (tertiary/aromatic N) is 1. The van der Waals surface area contributed by atoms with Gasteiger partial charge in [-0.2, -0.15) is 0 Å². The zero-order valence-electron chi connectivity index (χ0n) is 9.52. The molecule has 0 amide bonds. The number of H-pyrrole nitrogens is 2. The molecule has 94 valence electrons. The van der Waals surface area contributed by atoms with E-state index in [4.69, 9.17) is 9.47 Å². The average Bonchev–Trinajstić information content (AvgIpc) is 2.81. The van der Waals surface area contributed by atoms with E-state index in [1.54, 1.807) is 18.2 Å². The van der Waals surface area contributed by atoms with Crippen LogP contribution in [0.4, 0.5) is 0 Å². The molecule has 4 rings (SSSR count). The van der Waals surface area contributed by atoms with Gasteiger partial charge < -0.3 is 9.47 Å². The lowest BCUT2D eigenvalue weighted by Crippen LogP contribution is -2.22. The van der Waals surface area contributed by atoms with Gasteiger partial charge in [-0.25, -0.2) is 9.78 Å². The summed E-state index contributed by atoms with van der Waals surface area (Å²) in [5.41, 5.74) is -0.172. The van der Waals surface area contributed by atoms with Crippen molar-refractivity contribution in [3.8, 4) is 11.5 Å². The van der Waals surface area contributed by atoms with Crippen LogP contribution in [-0.2, 0) is 0 Å². The summed E-state index contributed by atoms with van der Waals surface area (Å²) in [7, 11) is 0. The van der Waals surface area contributed by atoms with Gasteiger partial charge in [0.2, 0.25) is 6.79 Å². The maximum Gasteiger partial charge on any atom is 0.327 e. The first-order valence-electron chi connectivity index (χ1n) is 5.57. The van der Waals surface area contributed by atoms with Crippen molar-refractivity contribution in [1.29, 1.82) is 0 Å². The molecule has 0 bridgehead atoms. The molecular formula is C12H7N3O4. The van der Waals surface area contributed by atoms with Crippen LogP contribution < -0.4 is 20.7 Å². The number of hydrogen-bond donors (Lipinski definition) is 2. The van der Waals surface area contributed by atoms with Crippen LogP contribution in [0.15, 0.2) is 27.8 Å². The summed E-state index contributed by atoms with van der Waals surface area (Å²) in [6.45, 7) is 0.169. The minimum absolute atomic E-state index is 0.169. The SMILES string of the molecule is O=c1[nH]c(=O)c2cc3cc4c(cc3nc2[nH]1)OCO4. The maximum absolute atomic E-state index is 11.7. The molecule has 7 heteroatoms. The van der Waals surface area contributed by atoms with E-state index in [9.17, 15) is 9.59 Å². The fourth-order valence-electron chi connectivity index (χ4n) is 2.14. The molecule has 0 fully saturated rings. The van der Waals surface area contributed by atoms with Crippen molar-refractivity contribution in [1.82, 2.24) is 15.0 Å². The predicted octanol–water partition coefficient (Wildman–Crippen LogP) is 0.493. The van der Waals surface area contributed by atoms with Gasteiger partial charge in [0.15, 0.2) is 11.5 Å². The van der Waals surface area contributed by atoms with Gasteiger partial charge >= 0.3 is 5.69 Å². The van der Waals surface area contributed by atoms with E-state index in [2.05, 4.69) is 15.0 Å². The topological polar surface area (TPSA) is 97.1 Å². The first-order valence-corrected chi connectivity index (χ1v) is 5.57. The fraction of sp³-hybridized carbons (Fsp3) is 0.0833. The lowest BCUT2D eigenvalue weighted by atomic mass is 10.1. The number of aromatic nitrogens is 3. The summed E-state index contributed by atoms with van der Waals surface area (Å²) < 4.78 is 10.5. The number of ether oxygens (including phenoxy) is 2. The molecular weight excluding hydrogens is 250 g/mol. The minimum Gasteiger partial charge on any atom is -0.454 e. The summed E-state index contributed by atoms with van der Waals surface area (Å²) in [5.74, 6) is 1.22. The molecule has 7 nitrogen and oxygen atoms in total. The Bertz CT molecular complexity index is 941. The van der Waals surface area contributed by atoms with E-state index in [1.165, 1.54) is 0 Å². The normalized spacial score (nSPS) is 13.3. The molecule has 0 unspecified atom stereocenters. The van der Waals surface area contributed by atoms with Crippen molar-refractivity contribution in [2.24, 2.45) is 0 Å². The van der Waals surface area contributed by atoms with Crippen LogP contribution in [0, 0.1) is 0 Å². The molecule has 2 aromatic heterocycles. The summed E-state index contributed by atoms with van der Waals surface area (Å²) in [5, 5.41) is 1.07. The standard InChI is InChI=1S/C12H7N3O4/c16-11-6-1-5-2-8-9(19-4-18-8)3-7(5)13-10(6)14-12(17)15-11/h1-3H,4H2,(H2,13,14,15,16,17). The highest BCUT2D eigenvalue weighted by Gasteiger charge is 2.15. The van der Waals surface area contributed by atoms with E-state index in [1.807, 2.05) is 0 Å². The van der Waals surface area contributed by atoms with Crippen molar-refractivity contribution in [3.63, 3.8) is 0 Å². The Hall–Kier alpha value is -2.83. The predicted molar refractivity (Wildman–Crippen MR) is 66.6 cm³/mol. The van der Waals surface area contributed by atoms with Gasteiger partial charge in [-0.1, -0.05) is 0 Å². The number of benzene rings is 1. The van der Waals surface area contributed by atoms with Crippen molar-refractivity contribution >= 4 is 21.9 Å². The van der Waals surface area contributed by atoms with E-state index in [-0.39, 0.29) is 12.4 Å². The van der Waals surface area contributed by atoms with Gasteiger partial charge in [0.1, 0.15) is 5.65 Å². The van der Waals surface area contributed by atoms with Crippen molar-refractivity contribution in [2.45, 2.75) is 0 Å². The second kappa shape index (κ2) is 3.35. The molecule has 19 heavy (non-hydrogen) atoms. The molecule has 0 saturated carbocycles. The third kappa shape index (κ3) is 1.41. The zero-order chi connectivity index (χ0) is 13.0. The quantitative estimate of drug-likeness (QED) is 0.571. The first kappa shape index (κ1) is 10.1. The van der Waals surface area contributed by atoms with Crippen LogP contribution in [0.1, 0.15) is 0 Å². The zero-order valence-corrected chi connectivity index (χ0v) is 9.52. The Morgan fingerprint density at radius 2 is 1.84 bits per heavy atom. The summed E-state index contributed by atoms with van der Waals surface area (Å²) in [6.07, 6.45) is 0. The molecule has 0 atom stereocenters. The summed E-state index contributed by atoms with van der Waals surface area (Å²) in [4.78, 5) is 31.9. The van der Waals surface area contributed by atoms with E-state index < -0.39 is 11.2 Å². The number of aromatic amines is 2. The summed E-state index contributed by atoms with van der Waals surface area (Å²) in [6, 6.07) is 5.14. The molecule has 0 saturated heterocycles. The van der Waals surface area contributed by atoms with E-state index >= 15 is 0 Å². The molecule has 2 N–H and O–H groups in total. The van der Waals surface area contributed by atoms with Crippen LogP contribution in [0.5, 0.6) is 11.5 Å². The number of rotatable bonds is 0. The largest absolute Gasteiger partial charge is 0.454 e. The van der Waals surface area contributed by atoms with E-state index in [0.717, 1.165) is 5.39 Å². The summed E-state index contributed by atoms with van der Waals surface area (Å²) >= 11 is 0. The highest BCUT2D eigenvalue weighted by atomic mass is 16.7. The second-order valence-electron chi connectivity index (χ2n) is 4.19. The Kier molecular flexibility index (Phi) is 1.78. The highest BCUT2D eigenvalue weighted by Crippen LogP contribution is 2.35. The fourth-order valence-corrected chi connectivity index (χ4v) is 2.14. The van der Waals surface area contributed by atoms with Gasteiger partial charge in [-0.3, -0.25) is 14.8 Å². The van der Waals surface area contributed by atoms with Gasteiger partial charge in [-0.05, 0) is 12.1 Å². The van der Waals surface area contributed by atoms with Gasteiger partial charge in [0.05, 0.1) is 10.9 Å². The smallest absolute Gasteiger partial charge is 0.327 e. The Balaban J connectivity index is 2.17. The van der Waals surface area contributed by atoms with Crippen LogP contribution in [0.25, 0.3) is 21.9 Å². The van der Waals surface area contributed by atoms with Crippen molar-refractivity contribution in [2.75, 3.05) is 6.79 Å². The van der Waals surface area contributed by atoms with Crippen LogP contribution in [-0.4, -0.2) is 21.7 Å². The second-order valence-corrected chi connectivity index (χ2v) is 4.19. The molecule has 1 aromatic carbocycles. The maximum atomic E-state index is 11.7. The third-order valence-corrected chi connectivity index (χ3v) is 3.01. The number of fused-ring (bicyclic) bond motifs is 3. The lowest BCUT2D eigenvalue weighted by molar-refractivity contribution is 0.174. The minimum atomic E-state index is -0.579. The molecule has 3 heterocycles. The van der Waals surface area contributed by atoms with Gasteiger partial charge in [0.25, 0.3) is 5.56 Å². The van der Waals surface area contributed by atoms with Gasteiger partial charge in [0, 0.05) is 11.5 Å². The molecule has 1 aliphatic heterocycles. The Morgan fingerprint density at radius 3 is 2.68 bits per heavy atom. The molecule has 0 aliphatic carbocycles. The molecule has 0 spiro atoms. The van der Waals surface area contributed by atoms with Gasteiger partial charge in [-0.15, -0.1) is 0 Å². The van der Waals surface area contributed by atoms with E-state index in [0.29, 0.717) is 22.4 Å². The molecule has 3 aromatic rings. The Morgan fingerprint density at radius 1 is 1.05 bits per heavy atom. The number of nitrogens with one attached hydrogen (secondary N) is 2. The molecule has 0 radical (unpaired) electrons. The van der Waals surface area contributed by atoms with Crippen LogP contribution in [0.2, 0.25) is 0 Å². The lowest BCUT2D eigenvalue weighted by Gasteiger charge is -2.02. The highest BCUT2D eigenvalue weighted by molar-refractivity contribution is 5.92. The van der Waals surface area contributed by atoms with Crippen molar-refractivity contribution in [3.05, 3.63) is 39.0 Å². The van der Waals surface area contributed by atoms with Crippen LogP contribution >= 0.6 is 0 Å². The average molecular weight is 257 g/mol. The van der Waals surface area contributed by atoms with Crippen molar-refractivity contribution < 1.29 is 9.47 Å². The third-order valence-electron chi connectivity index (χ3n) is 3.01. The monoisotopic (exact) mass is 257 g/mol.